The van der Waals surface area contributed by atoms with Crippen LogP contribution in [0.4, 0.5) is 22.7 Å². The molecule has 2 aromatic rings. The molecule has 8 nitrogen and oxygen atoms in total. The lowest BCUT2D eigenvalue weighted by atomic mass is 10.3. The Hall–Kier alpha value is -3.36. The van der Waals surface area contributed by atoms with Crippen molar-refractivity contribution in [3.05, 3.63) is 60.7 Å². The van der Waals surface area contributed by atoms with Crippen molar-refractivity contribution in [3.63, 3.8) is 0 Å². The molecule has 0 fully saturated rings. The second kappa shape index (κ2) is 11.2. The number of quaternary nitrogens is 2. The van der Waals surface area contributed by atoms with Crippen LogP contribution in [0, 0.1) is 0 Å². The van der Waals surface area contributed by atoms with Gasteiger partial charge in [0.2, 0.25) is 0 Å². The van der Waals surface area contributed by atoms with E-state index in [1.807, 2.05) is 48.5 Å². The summed E-state index contributed by atoms with van der Waals surface area (Å²) in [5.41, 5.74) is 21.6. The monoisotopic (exact) mass is 332 g/mol. The molecule has 24 heavy (non-hydrogen) atoms. The second-order valence-electron chi connectivity index (χ2n) is 4.37. The normalized spacial score (nSPS) is 9.25. The minimum atomic E-state index is -1.55. The molecule has 0 bridgehead atoms. The largest absolute Gasteiger partial charge is 0.545 e. The molecule has 0 aliphatic rings. The number of hydrogen-bond acceptors (Lipinski definition) is 6. The number of para-hydroxylation sites is 2. The van der Waals surface area contributed by atoms with Gasteiger partial charge in [0.15, 0.2) is 11.4 Å². The molecule has 10 N–H and O–H groups in total. The van der Waals surface area contributed by atoms with E-state index in [1.54, 1.807) is 0 Å². The second-order valence-corrected chi connectivity index (χ2v) is 4.37. The minimum absolute atomic E-state index is 0.384. The zero-order valence-electron chi connectivity index (χ0n) is 13.0. The van der Waals surface area contributed by atoms with Crippen LogP contribution in [-0.2, 0) is 9.59 Å². The molecule has 0 heterocycles. The Morgan fingerprint density at radius 2 is 1.04 bits per heavy atom. The maximum absolute atomic E-state index is 9.41. The third kappa shape index (κ3) is 10.4. The first-order valence-electron chi connectivity index (χ1n) is 6.67. The van der Waals surface area contributed by atoms with Crippen LogP contribution in [0.3, 0.4) is 0 Å². The number of benzene rings is 2. The van der Waals surface area contributed by atoms with Crippen molar-refractivity contribution in [1.82, 2.24) is 0 Å². The molecule has 2 rings (SSSR count). The van der Waals surface area contributed by atoms with Gasteiger partial charge in [-0.15, -0.1) is 0 Å². The number of carboxylic acids is 2. The summed E-state index contributed by atoms with van der Waals surface area (Å²) in [5.74, 6) is -3.09. The lowest BCUT2D eigenvalue weighted by Gasteiger charge is -1.90. The summed E-state index contributed by atoms with van der Waals surface area (Å²) >= 11 is 0. The quantitative estimate of drug-likeness (QED) is 0.342. The van der Waals surface area contributed by atoms with E-state index in [-0.39, 0.29) is 0 Å². The number of rotatable bonds is 2. The van der Waals surface area contributed by atoms with Crippen molar-refractivity contribution in [1.29, 1.82) is 0 Å². The van der Waals surface area contributed by atoms with Gasteiger partial charge < -0.3 is 42.7 Å². The van der Waals surface area contributed by atoms with Crippen LogP contribution in [0.25, 0.3) is 0 Å². The summed E-state index contributed by atoms with van der Waals surface area (Å²) in [7, 11) is 0. The van der Waals surface area contributed by atoms with Gasteiger partial charge in [-0.3, -0.25) is 0 Å². The summed E-state index contributed by atoms with van der Waals surface area (Å²) < 4.78 is 0. The molecule has 0 unspecified atom stereocenters. The van der Waals surface area contributed by atoms with Gasteiger partial charge in [0.1, 0.15) is 0 Å². The SMILES string of the molecule is Nc1ccccc1[NH3+].Nc1ccccc1[NH3+].O=C([O-])/C=C/C(=O)[O-]. The molecular formula is C16H20N4O4. The Balaban J connectivity index is 0.000000331. The number of aliphatic carboxylic acids is 2. The van der Waals surface area contributed by atoms with Crippen molar-refractivity contribution in [3.8, 4) is 0 Å². The van der Waals surface area contributed by atoms with Gasteiger partial charge in [-0.05, 0) is 24.3 Å². The molecule has 128 valence electrons. The molecule has 0 aliphatic heterocycles. The lowest BCUT2D eigenvalue weighted by molar-refractivity contribution is -0.301. The predicted molar refractivity (Wildman–Crippen MR) is 86.0 cm³/mol. The Bertz CT molecular complexity index is 600. The van der Waals surface area contributed by atoms with E-state index in [0.717, 1.165) is 22.7 Å². The van der Waals surface area contributed by atoms with E-state index >= 15 is 0 Å². The Kier molecular flexibility index (Phi) is 9.67. The molecule has 0 saturated carbocycles. The molecule has 0 saturated heterocycles. The highest BCUT2D eigenvalue weighted by Gasteiger charge is 1.90. The fraction of sp³-hybridized carbons (Fsp3) is 0. The third-order valence-electron chi connectivity index (χ3n) is 2.47. The highest BCUT2D eigenvalue weighted by molar-refractivity contribution is 5.87. The fourth-order valence-electron chi connectivity index (χ4n) is 1.20. The molecular weight excluding hydrogens is 312 g/mol. The van der Waals surface area contributed by atoms with Crippen molar-refractivity contribution in [2.24, 2.45) is 0 Å². The Morgan fingerprint density at radius 1 is 0.750 bits per heavy atom. The van der Waals surface area contributed by atoms with Crippen molar-refractivity contribution in [2.75, 3.05) is 11.5 Å². The molecule has 0 amide bonds. The zero-order chi connectivity index (χ0) is 18.5. The standard InChI is InChI=1S/2C6H8N2.C4H4O4/c2*7-5-3-1-2-4-6(5)8;5-3(6)1-2-4(7)8/h2*1-4H,7-8H2;1-2H,(H,5,6)(H,7,8)/b;;2-1+. The summed E-state index contributed by atoms with van der Waals surface area (Å²) in [6.07, 6.45) is 0.769. The van der Waals surface area contributed by atoms with Gasteiger partial charge in [0.05, 0.1) is 23.3 Å². The van der Waals surface area contributed by atoms with Gasteiger partial charge in [-0.1, -0.05) is 24.3 Å². The van der Waals surface area contributed by atoms with Crippen LogP contribution >= 0.6 is 0 Å². The third-order valence-corrected chi connectivity index (χ3v) is 2.47. The maximum atomic E-state index is 9.41. The van der Waals surface area contributed by atoms with Gasteiger partial charge in [0, 0.05) is 12.1 Å². The van der Waals surface area contributed by atoms with Gasteiger partial charge >= 0.3 is 0 Å². The van der Waals surface area contributed by atoms with E-state index in [0.29, 0.717) is 12.2 Å². The van der Waals surface area contributed by atoms with Crippen LogP contribution < -0.4 is 33.1 Å². The van der Waals surface area contributed by atoms with E-state index in [9.17, 15) is 19.8 Å². The number of carbonyl (C=O) groups excluding carboxylic acids is 2. The van der Waals surface area contributed by atoms with Crippen LogP contribution in [-0.4, -0.2) is 11.9 Å². The number of anilines is 2. The van der Waals surface area contributed by atoms with Crippen LogP contribution in [0.15, 0.2) is 60.7 Å². The molecule has 0 spiro atoms. The topological polar surface area (TPSA) is 188 Å². The Labute approximate surface area is 139 Å². The van der Waals surface area contributed by atoms with E-state index in [1.165, 1.54) is 0 Å². The molecule has 0 atom stereocenters. The summed E-state index contributed by atoms with van der Waals surface area (Å²) in [6.45, 7) is 0. The lowest BCUT2D eigenvalue weighted by Crippen LogP contribution is -2.40. The van der Waals surface area contributed by atoms with Gasteiger partial charge in [0.25, 0.3) is 0 Å². The number of hydrogen-bond donors (Lipinski definition) is 4. The van der Waals surface area contributed by atoms with Gasteiger partial charge in [-0.25, -0.2) is 0 Å². The number of carbonyl (C=O) groups is 2. The van der Waals surface area contributed by atoms with Crippen LogP contribution in [0.2, 0.25) is 0 Å². The number of nitrogen functional groups attached to an aromatic ring is 2. The first kappa shape index (κ1) is 20.6. The number of nitrogens with two attached hydrogens (primary N) is 2. The first-order chi connectivity index (χ1) is 11.2. The Morgan fingerprint density at radius 3 is 1.21 bits per heavy atom. The molecule has 0 radical (unpaired) electrons. The van der Waals surface area contributed by atoms with Crippen molar-refractivity contribution < 1.29 is 31.3 Å². The van der Waals surface area contributed by atoms with Crippen molar-refractivity contribution in [2.45, 2.75) is 0 Å². The van der Waals surface area contributed by atoms with Crippen LogP contribution in [0.5, 0.6) is 0 Å². The van der Waals surface area contributed by atoms with E-state index < -0.39 is 11.9 Å². The summed E-state index contributed by atoms with van der Waals surface area (Å²) in [6, 6.07) is 15.1. The highest BCUT2D eigenvalue weighted by Crippen LogP contribution is 2.08. The molecule has 0 aromatic heterocycles. The predicted octanol–water partition coefficient (Wildman–Crippen LogP) is -2.67. The fourth-order valence-corrected chi connectivity index (χ4v) is 1.20. The highest BCUT2D eigenvalue weighted by atomic mass is 16.4. The number of carboxylic acid groups (broad SMARTS) is 2. The van der Waals surface area contributed by atoms with Gasteiger partial charge in [-0.2, -0.15) is 0 Å². The van der Waals surface area contributed by atoms with E-state index in [4.69, 9.17) is 11.5 Å². The first-order valence-corrected chi connectivity index (χ1v) is 6.67. The van der Waals surface area contributed by atoms with E-state index in [2.05, 4.69) is 11.5 Å². The smallest absolute Gasteiger partial charge is 0.151 e. The molecule has 8 heteroatoms. The molecule has 2 aromatic carbocycles. The summed E-state index contributed by atoms with van der Waals surface area (Å²) in [4.78, 5) is 18.8. The maximum Gasteiger partial charge on any atom is 0.151 e. The minimum Gasteiger partial charge on any atom is -0.545 e. The average molecular weight is 332 g/mol. The van der Waals surface area contributed by atoms with Crippen LogP contribution in [0.1, 0.15) is 0 Å². The molecule has 0 aliphatic carbocycles. The summed E-state index contributed by atoms with van der Waals surface area (Å²) in [5, 5.41) is 18.8. The zero-order valence-corrected chi connectivity index (χ0v) is 13.0. The average Bonchev–Trinajstić information content (AvgIpc) is 2.52. The van der Waals surface area contributed by atoms with Crippen molar-refractivity contribution >= 4 is 34.7 Å².